The molecule has 4 atom stereocenters. The Kier molecular flexibility index (Phi) is 19.9. The van der Waals surface area contributed by atoms with E-state index < -0.39 is 13.5 Å². The first-order valence-corrected chi connectivity index (χ1v) is 32.9. The molecule has 80 heavy (non-hydrogen) atoms. The first kappa shape index (κ1) is 67.4. The third kappa shape index (κ3) is 15.5. The van der Waals surface area contributed by atoms with Crippen LogP contribution in [0, 0.1) is 0 Å². The summed E-state index contributed by atoms with van der Waals surface area (Å²) < 4.78 is 32.3. The van der Waals surface area contributed by atoms with Crippen molar-refractivity contribution in [3.05, 3.63) is 93.0 Å². The lowest BCUT2D eigenvalue weighted by Crippen LogP contribution is -2.43. The Hall–Kier alpha value is -3.36. The average Bonchev–Trinajstić information content (AvgIpc) is 3.72. The molecule has 1 aliphatic heterocycles. The number of likely N-dealkylation sites (tertiary alicyclic amines) is 1. The quantitative estimate of drug-likeness (QED) is 0.132. The standard InChI is InChI=1S/C70H110NO6P3/c1-62(2,3)47-32-42(33-48(56(47)73-28)63(4,5)6)78-60(79-43-34-49(64(7,8)9)57(74-29)50(35-43)65(10,11)12)55-40-46(41-71(55)61(72)77-70(25,26)27)80(44-36-51(66(13,14)15)58(75-30)52(37-44)67(16,17)18)45-38-53(68(19,20)21)59(76-31)54(39-45)69(22,23)24/h32-39,46,55,60,78-79H,40-41H2,1-31H3/t46-,55-/m0/s1. The molecular weight excluding hydrogens is 1040 g/mol. The summed E-state index contributed by atoms with van der Waals surface area (Å²) in [5.41, 5.74) is 7.29. The van der Waals surface area contributed by atoms with Gasteiger partial charge in [0, 0.05) is 68.2 Å². The van der Waals surface area contributed by atoms with Crippen molar-refractivity contribution in [1.82, 2.24) is 4.90 Å². The van der Waals surface area contributed by atoms with Crippen molar-refractivity contribution in [2.75, 3.05) is 35.0 Å². The van der Waals surface area contributed by atoms with Crippen LogP contribution in [0.2, 0.25) is 0 Å². The number of nitrogens with zero attached hydrogens (tertiary/aromatic N) is 1. The molecule has 1 saturated heterocycles. The summed E-state index contributed by atoms with van der Waals surface area (Å²) in [6, 6.07) is 19.4. The van der Waals surface area contributed by atoms with E-state index >= 15 is 4.79 Å². The first-order chi connectivity index (χ1) is 36.1. The van der Waals surface area contributed by atoms with Crippen LogP contribution in [0.5, 0.6) is 23.0 Å². The zero-order chi connectivity index (χ0) is 61.2. The van der Waals surface area contributed by atoms with E-state index in [-0.39, 0.29) is 66.5 Å². The van der Waals surface area contributed by atoms with E-state index in [9.17, 15) is 0 Å². The second-order valence-electron chi connectivity index (χ2n) is 32.1. The van der Waals surface area contributed by atoms with Crippen LogP contribution in [0.4, 0.5) is 4.79 Å². The summed E-state index contributed by atoms with van der Waals surface area (Å²) >= 11 is 0. The minimum atomic E-state index is -1.18. The molecule has 0 radical (unpaired) electrons. The van der Waals surface area contributed by atoms with Crippen LogP contribution in [0.15, 0.2) is 48.5 Å². The van der Waals surface area contributed by atoms with Crippen molar-refractivity contribution in [3.63, 3.8) is 0 Å². The number of carbonyl (C=O) groups is 1. The van der Waals surface area contributed by atoms with Crippen molar-refractivity contribution >= 4 is 52.4 Å². The van der Waals surface area contributed by atoms with E-state index in [4.69, 9.17) is 23.7 Å². The Bertz CT molecular complexity index is 2550. The highest BCUT2D eigenvalue weighted by atomic mass is 31.1. The Morgan fingerprint density at radius 2 is 0.662 bits per heavy atom. The van der Waals surface area contributed by atoms with Gasteiger partial charge in [-0.05, 0) is 148 Å². The Labute approximate surface area is 493 Å². The summed E-state index contributed by atoms with van der Waals surface area (Å²) in [6.07, 6.45) is 0.545. The van der Waals surface area contributed by atoms with E-state index in [1.807, 2.05) is 49.2 Å². The van der Waals surface area contributed by atoms with Crippen LogP contribution in [-0.4, -0.2) is 68.7 Å². The molecule has 446 valence electrons. The fourth-order valence-electron chi connectivity index (χ4n) is 11.3. The van der Waals surface area contributed by atoms with Crippen molar-refractivity contribution in [2.24, 2.45) is 0 Å². The molecule has 0 saturated carbocycles. The molecule has 1 amide bonds. The minimum absolute atomic E-state index is 0.0321. The van der Waals surface area contributed by atoms with E-state index in [0.717, 1.165) is 29.4 Å². The number of methoxy groups -OCH3 is 4. The highest BCUT2D eigenvalue weighted by Gasteiger charge is 2.47. The monoisotopic (exact) mass is 1150 g/mol. The normalized spacial score (nSPS) is 17.1. The number of rotatable bonds is 12. The second-order valence-corrected chi connectivity index (χ2v) is 38.1. The van der Waals surface area contributed by atoms with Gasteiger partial charge in [-0.1, -0.05) is 183 Å². The van der Waals surface area contributed by atoms with E-state index in [2.05, 4.69) is 220 Å². The van der Waals surface area contributed by atoms with Crippen LogP contribution in [0.25, 0.3) is 0 Å². The second kappa shape index (κ2) is 23.6. The molecular formula is C70H110NO6P3. The number of carbonyl (C=O) groups excluding carboxylic acids is 1. The number of hydrogen-bond acceptors (Lipinski definition) is 6. The van der Waals surface area contributed by atoms with Gasteiger partial charge in [0.05, 0.1) is 28.4 Å². The van der Waals surface area contributed by atoms with Crippen molar-refractivity contribution in [3.8, 4) is 23.0 Å². The van der Waals surface area contributed by atoms with Gasteiger partial charge in [0.2, 0.25) is 0 Å². The highest BCUT2D eigenvalue weighted by Crippen LogP contribution is 2.55. The fourth-order valence-corrected chi connectivity index (χ4v) is 18.2. The maximum atomic E-state index is 15.6. The fraction of sp³-hybridized carbons (Fsp3) is 0.643. The van der Waals surface area contributed by atoms with Gasteiger partial charge in [-0.15, -0.1) is 0 Å². The molecule has 0 bridgehead atoms. The maximum absolute atomic E-state index is 15.6. The van der Waals surface area contributed by atoms with Crippen LogP contribution in [0.1, 0.15) is 238 Å². The molecule has 0 aromatic heterocycles. The molecule has 0 aliphatic carbocycles. The molecule has 4 aromatic rings. The molecule has 1 aliphatic rings. The summed E-state index contributed by atoms with van der Waals surface area (Å²) in [7, 11) is 6.84. The van der Waals surface area contributed by atoms with E-state index in [1.54, 1.807) is 0 Å². The van der Waals surface area contributed by atoms with Crippen LogP contribution < -0.4 is 40.2 Å². The molecule has 10 heteroatoms. The van der Waals surface area contributed by atoms with Crippen molar-refractivity contribution < 1.29 is 28.5 Å². The SMILES string of the molecule is COc1c(C(C)(C)C)cc(PC(Pc2cc(C(C)(C)C)c(OC)c(C(C)(C)C)c2)[C@@H]2C[C@H](P(c3cc(C(C)(C)C)c(OC)c(C(C)(C)C)c3)c3cc(C(C)(C)C)c(OC)c(C(C)(C)C)c3)CN2C(=O)OC(C)(C)C)cc1C(C)(C)C. The van der Waals surface area contributed by atoms with Crippen LogP contribution >= 0.6 is 25.1 Å². The van der Waals surface area contributed by atoms with Gasteiger partial charge in [0.25, 0.3) is 0 Å². The lowest BCUT2D eigenvalue weighted by molar-refractivity contribution is 0.0237. The van der Waals surface area contributed by atoms with Gasteiger partial charge in [-0.2, -0.15) is 0 Å². The number of ether oxygens (including phenoxy) is 5. The predicted octanol–water partition coefficient (Wildman–Crippen LogP) is 17.2. The lowest BCUT2D eigenvalue weighted by atomic mass is 9.79. The Balaban J connectivity index is 2.00. The van der Waals surface area contributed by atoms with E-state index in [1.165, 1.54) is 65.7 Å². The number of hydrogen-bond donors (Lipinski definition) is 0. The number of benzene rings is 4. The largest absolute Gasteiger partial charge is 0.496 e. The zero-order valence-corrected chi connectivity index (χ0v) is 59.0. The Morgan fingerprint density at radius 1 is 0.425 bits per heavy atom. The summed E-state index contributed by atoms with van der Waals surface area (Å²) in [4.78, 5) is 17.8. The zero-order valence-electron chi connectivity index (χ0n) is 56.1. The average molecular weight is 1150 g/mol. The van der Waals surface area contributed by atoms with Gasteiger partial charge in [0.15, 0.2) is 0 Å². The summed E-state index contributed by atoms with van der Waals surface area (Å²) in [6.45, 7) is 61.7. The van der Waals surface area contributed by atoms with Crippen LogP contribution in [0.3, 0.4) is 0 Å². The van der Waals surface area contributed by atoms with E-state index in [0.29, 0.717) is 23.7 Å². The lowest BCUT2D eigenvalue weighted by Gasteiger charge is -2.35. The molecule has 0 N–H and O–H groups in total. The molecule has 5 rings (SSSR count). The topological polar surface area (TPSA) is 66.5 Å². The Morgan fingerprint density at radius 3 is 0.875 bits per heavy atom. The van der Waals surface area contributed by atoms with Gasteiger partial charge in [0.1, 0.15) is 28.6 Å². The molecule has 0 spiro atoms. The van der Waals surface area contributed by atoms with Crippen LogP contribution in [-0.2, 0) is 48.1 Å². The van der Waals surface area contributed by atoms with Crippen molar-refractivity contribution in [2.45, 2.75) is 259 Å². The molecule has 2 unspecified atom stereocenters. The van der Waals surface area contributed by atoms with Gasteiger partial charge < -0.3 is 28.6 Å². The molecule has 1 heterocycles. The number of amides is 1. The third-order valence-electron chi connectivity index (χ3n) is 15.5. The smallest absolute Gasteiger partial charge is 0.410 e. The van der Waals surface area contributed by atoms with Gasteiger partial charge in [-0.25, -0.2) is 4.79 Å². The molecule has 4 aromatic carbocycles. The van der Waals surface area contributed by atoms with Crippen molar-refractivity contribution in [1.29, 1.82) is 0 Å². The maximum Gasteiger partial charge on any atom is 0.410 e. The van der Waals surface area contributed by atoms with Gasteiger partial charge >= 0.3 is 6.09 Å². The predicted molar refractivity (Wildman–Crippen MR) is 353 cm³/mol. The summed E-state index contributed by atoms with van der Waals surface area (Å²) in [5.74, 6) is 3.84. The first-order valence-electron chi connectivity index (χ1n) is 29.3. The third-order valence-corrected chi connectivity index (χ3v) is 21.7. The molecule has 1 fully saturated rings. The molecule has 7 nitrogen and oxygen atoms in total. The van der Waals surface area contributed by atoms with Gasteiger partial charge in [-0.3, -0.25) is 0 Å². The highest BCUT2D eigenvalue weighted by molar-refractivity contribution is 7.73. The summed E-state index contributed by atoms with van der Waals surface area (Å²) in [5, 5.41) is 5.21. The minimum Gasteiger partial charge on any atom is -0.496 e.